The van der Waals surface area contributed by atoms with Crippen molar-refractivity contribution in [1.82, 2.24) is 19.7 Å². The monoisotopic (exact) mass is 405 g/mol. The van der Waals surface area contributed by atoms with Crippen LogP contribution in [0.4, 0.5) is 10.1 Å². The summed E-state index contributed by atoms with van der Waals surface area (Å²) in [4.78, 5) is 16.4. The molecule has 0 saturated carbocycles. The number of carbonyl (C=O) groups excluding carboxylic acids is 1. The van der Waals surface area contributed by atoms with Crippen LogP contribution in [0.1, 0.15) is 0 Å². The summed E-state index contributed by atoms with van der Waals surface area (Å²) in [6.07, 6.45) is 3.35. The van der Waals surface area contributed by atoms with Crippen LogP contribution >= 0.6 is 11.8 Å². The van der Waals surface area contributed by atoms with Gasteiger partial charge in [-0.05, 0) is 48.5 Å². The quantitative estimate of drug-likeness (QED) is 0.487. The molecule has 0 bridgehead atoms. The summed E-state index contributed by atoms with van der Waals surface area (Å²) in [7, 11) is 0. The lowest BCUT2D eigenvalue weighted by Crippen LogP contribution is -2.14. The Bertz CT molecular complexity index is 1100. The minimum atomic E-state index is -0.332. The molecule has 2 aromatic carbocycles. The van der Waals surface area contributed by atoms with Crippen molar-refractivity contribution in [3.8, 4) is 17.1 Å². The standard InChI is InChI=1S/C21H16FN5OS/c22-16-8-10-18(11-9-16)27-20(15-5-4-12-23-13-15)25-26-21(27)29-14-19(28)24-17-6-2-1-3-7-17/h1-13H,14H2,(H,24,28). The Morgan fingerprint density at radius 1 is 1.00 bits per heavy atom. The molecule has 29 heavy (non-hydrogen) atoms. The first-order chi connectivity index (χ1) is 14.2. The van der Waals surface area contributed by atoms with E-state index in [0.717, 1.165) is 11.3 Å². The van der Waals surface area contributed by atoms with Gasteiger partial charge in [0.1, 0.15) is 5.82 Å². The van der Waals surface area contributed by atoms with Crippen LogP contribution in [-0.2, 0) is 4.79 Å². The van der Waals surface area contributed by atoms with Gasteiger partial charge in [-0.25, -0.2) is 4.39 Å². The minimum Gasteiger partial charge on any atom is -0.325 e. The fourth-order valence-electron chi connectivity index (χ4n) is 2.72. The molecule has 144 valence electrons. The fourth-order valence-corrected chi connectivity index (χ4v) is 3.47. The molecule has 4 rings (SSSR count). The zero-order valence-electron chi connectivity index (χ0n) is 15.2. The number of hydrogen-bond donors (Lipinski definition) is 1. The van der Waals surface area contributed by atoms with E-state index in [0.29, 0.717) is 16.7 Å². The Balaban J connectivity index is 1.60. The summed E-state index contributed by atoms with van der Waals surface area (Å²) in [6, 6.07) is 19.0. The summed E-state index contributed by atoms with van der Waals surface area (Å²) in [5.41, 5.74) is 2.19. The van der Waals surface area contributed by atoms with E-state index < -0.39 is 0 Å². The highest BCUT2D eigenvalue weighted by molar-refractivity contribution is 7.99. The van der Waals surface area contributed by atoms with E-state index in [1.54, 1.807) is 35.2 Å². The molecule has 0 aliphatic heterocycles. The van der Waals surface area contributed by atoms with Crippen LogP contribution in [0.5, 0.6) is 0 Å². The van der Waals surface area contributed by atoms with E-state index >= 15 is 0 Å². The van der Waals surface area contributed by atoms with Crippen molar-refractivity contribution in [3.05, 3.63) is 84.9 Å². The molecule has 0 unspecified atom stereocenters. The van der Waals surface area contributed by atoms with Gasteiger partial charge in [-0.1, -0.05) is 30.0 Å². The van der Waals surface area contributed by atoms with Crippen LogP contribution in [0.2, 0.25) is 0 Å². The van der Waals surface area contributed by atoms with Gasteiger partial charge in [0.05, 0.1) is 5.75 Å². The zero-order chi connectivity index (χ0) is 20.1. The van der Waals surface area contributed by atoms with Gasteiger partial charge in [0.15, 0.2) is 11.0 Å². The van der Waals surface area contributed by atoms with Crippen molar-refractivity contribution < 1.29 is 9.18 Å². The number of aromatic nitrogens is 4. The average Bonchev–Trinajstić information content (AvgIpc) is 3.18. The number of nitrogens with zero attached hydrogens (tertiary/aromatic N) is 4. The van der Waals surface area contributed by atoms with Crippen LogP contribution in [-0.4, -0.2) is 31.4 Å². The number of hydrogen-bond acceptors (Lipinski definition) is 5. The lowest BCUT2D eigenvalue weighted by Gasteiger charge is -2.10. The van der Waals surface area contributed by atoms with Crippen molar-refractivity contribution in [1.29, 1.82) is 0 Å². The molecule has 0 radical (unpaired) electrons. The first kappa shape index (κ1) is 18.8. The van der Waals surface area contributed by atoms with E-state index in [1.165, 1.54) is 23.9 Å². The van der Waals surface area contributed by atoms with Gasteiger partial charge in [-0.2, -0.15) is 0 Å². The van der Waals surface area contributed by atoms with Gasteiger partial charge in [0, 0.05) is 29.3 Å². The molecule has 0 aliphatic carbocycles. The first-order valence-corrected chi connectivity index (χ1v) is 9.79. The Labute approximate surface area is 170 Å². The molecule has 1 N–H and O–H groups in total. The van der Waals surface area contributed by atoms with E-state index in [4.69, 9.17) is 0 Å². The smallest absolute Gasteiger partial charge is 0.234 e. The molecular weight excluding hydrogens is 389 g/mol. The van der Waals surface area contributed by atoms with E-state index in [1.807, 2.05) is 36.4 Å². The van der Waals surface area contributed by atoms with Gasteiger partial charge in [-0.3, -0.25) is 14.3 Å². The van der Waals surface area contributed by atoms with Crippen LogP contribution in [0.15, 0.2) is 84.3 Å². The highest BCUT2D eigenvalue weighted by atomic mass is 32.2. The Morgan fingerprint density at radius 2 is 1.79 bits per heavy atom. The van der Waals surface area contributed by atoms with Gasteiger partial charge in [0.2, 0.25) is 5.91 Å². The molecule has 2 heterocycles. The zero-order valence-corrected chi connectivity index (χ0v) is 16.0. The molecular formula is C21H16FN5OS. The number of rotatable bonds is 6. The largest absolute Gasteiger partial charge is 0.325 e. The van der Waals surface area contributed by atoms with E-state index in [2.05, 4.69) is 20.5 Å². The Kier molecular flexibility index (Phi) is 5.62. The van der Waals surface area contributed by atoms with Gasteiger partial charge in [-0.15, -0.1) is 10.2 Å². The molecule has 0 spiro atoms. The summed E-state index contributed by atoms with van der Waals surface area (Å²) < 4.78 is 15.2. The number of carbonyl (C=O) groups is 1. The molecule has 2 aromatic heterocycles. The number of benzene rings is 2. The number of pyridine rings is 1. The van der Waals surface area contributed by atoms with Crippen molar-refractivity contribution in [2.75, 3.05) is 11.1 Å². The molecule has 0 saturated heterocycles. The Morgan fingerprint density at radius 3 is 2.52 bits per heavy atom. The maximum Gasteiger partial charge on any atom is 0.234 e. The molecule has 0 fully saturated rings. The van der Waals surface area contributed by atoms with Crippen LogP contribution in [0, 0.1) is 5.82 Å². The molecule has 1 amide bonds. The molecule has 6 nitrogen and oxygen atoms in total. The van der Waals surface area contributed by atoms with Crippen molar-refractivity contribution in [2.24, 2.45) is 0 Å². The number of thioether (sulfide) groups is 1. The third kappa shape index (κ3) is 4.49. The maximum absolute atomic E-state index is 13.4. The van der Waals surface area contributed by atoms with Crippen molar-refractivity contribution in [2.45, 2.75) is 5.16 Å². The number of nitrogens with one attached hydrogen (secondary N) is 1. The molecule has 0 atom stereocenters. The normalized spacial score (nSPS) is 10.7. The second-order valence-electron chi connectivity index (χ2n) is 6.06. The predicted molar refractivity (Wildman–Crippen MR) is 110 cm³/mol. The lowest BCUT2D eigenvalue weighted by atomic mass is 10.2. The second-order valence-corrected chi connectivity index (χ2v) is 7.01. The van der Waals surface area contributed by atoms with Crippen molar-refractivity contribution >= 4 is 23.4 Å². The van der Waals surface area contributed by atoms with Crippen molar-refractivity contribution in [3.63, 3.8) is 0 Å². The number of para-hydroxylation sites is 1. The molecule has 0 aliphatic rings. The summed E-state index contributed by atoms with van der Waals surface area (Å²) in [5, 5.41) is 11.9. The fraction of sp³-hybridized carbons (Fsp3) is 0.0476. The van der Waals surface area contributed by atoms with Crippen LogP contribution in [0.3, 0.4) is 0 Å². The molecule has 4 aromatic rings. The lowest BCUT2D eigenvalue weighted by molar-refractivity contribution is -0.113. The van der Waals surface area contributed by atoms with Gasteiger partial charge >= 0.3 is 0 Å². The third-order valence-corrected chi connectivity index (χ3v) is 4.96. The highest BCUT2D eigenvalue weighted by Gasteiger charge is 2.17. The SMILES string of the molecule is O=C(CSc1nnc(-c2cccnc2)n1-c1ccc(F)cc1)Nc1ccccc1. The van der Waals surface area contributed by atoms with E-state index in [9.17, 15) is 9.18 Å². The number of halogens is 1. The predicted octanol–water partition coefficient (Wildman–Crippen LogP) is 4.20. The van der Waals surface area contributed by atoms with E-state index in [-0.39, 0.29) is 17.5 Å². The van der Waals surface area contributed by atoms with Crippen LogP contribution in [0.25, 0.3) is 17.1 Å². The maximum atomic E-state index is 13.4. The minimum absolute atomic E-state index is 0.154. The second kappa shape index (κ2) is 8.66. The van der Waals surface area contributed by atoms with Crippen LogP contribution < -0.4 is 5.32 Å². The topological polar surface area (TPSA) is 72.7 Å². The summed E-state index contributed by atoms with van der Waals surface area (Å²) >= 11 is 1.25. The van der Waals surface area contributed by atoms with Gasteiger partial charge in [0.25, 0.3) is 0 Å². The summed E-state index contributed by atoms with van der Waals surface area (Å²) in [6.45, 7) is 0. The Hall–Kier alpha value is -3.52. The first-order valence-electron chi connectivity index (χ1n) is 8.80. The third-order valence-electron chi connectivity index (χ3n) is 4.03. The number of amides is 1. The summed E-state index contributed by atoms with van der Waals surface area (Å²) in [5.74, 6) is 0.232. The average molecular weight is 405 g/mol. The number of anilines is 1. The molecule has 8 heteroatoms. The van der Waals surface area contributed by atoms with Gasteiger partial charge < -0.3 is 5.32 Å². The highest BCUT2D eigenvalue weighted by Crippen LogP contribution is 2.27.